The summed E-state index contributed by atoms with van der Waals surface area (Å²) < 4.78 is 25.6. The van der Waals surface area contributed by atoms with E-state index >= 15 is 0 Å². The molecule has 0 aliphatic rings. The molecule has 0 spiro atoms. The number of benzene rings is 1. The molecule has 0 aliphatic heterocycles. The third kappa shape index (κ3) is 6.51. The monoisotopic (exact) mass is 354 g/mol. The molecule has 6 heteroatoms. The summed E-state index contributed by atoms with van der Waals surface area (Å²) in [6.45, 7) is 10.3. The highest BCUT2D eigenvalue weighted by Crippen LogP contribution is 2.21. The molecule has 0 aromatic heterocycles. The van der Waals surface area contributed by atoms with Gasteiger partial charge in [0.05, 0.1) is 11.9 Å². The second-order valence-electron chi connectivity index (χ2n) is 6.88. The third-order valence-corrected chi connectivity index (χ3v) is 5.24. The van der Waals surface area contributed by atoms with Crippen molar-refractivity contribution in [3.63, 3.8) is 0 Å². The van der Waals surface area contributed by atoms with Crippen molar-refractivity contribution in [3.8, 4) is 0 Å². The zero-order chi connectivity index (χ0) is 18.5. The molecule has 0 bridgehead atoms. The van der Waals surface area contributed by atoms with Gasteiger partial charge in [0.25, 0.3) is 0 Å². The molecule has 1 N–H and O–H groups in total. The first kappa shape index (κ1) is 20.5. The van der Waals surface area contributed by atoms with Crippen LogP contribution < -0.4 is 9.62 Å². The molecule has 24 heavy (non-hydrogen) atoms. The molecule has 1 amide bonds. The van der Waals surface area contributed by atoms with Crippen molar-refractivity contribution in [1.29, 1.82) is 0 Å². The maximum absolute atomic E-state index is 12.1. The lowest BCUT2D eigenvalue weighted by atomic mass is 10.1. The van der Waals surface area contributed by atoms with Crippen LogP contribution in [0.1, 0.15) is 44.7 Å². The highest BCUT2D eigenvalue weighted by atomic mass is 32.2. The van der Waals surface area contributed by atoms with Gasteiger partial charge in [-0.1, -0.05) is 19.9 Å². The van der Waals surface area contributed by atoms with Gasteiger partial charge in [-0.3, -0.25) is 9.10 Å². The summed E-state index contributed by atoms with van der Waals surface area (Å²) in [5.41, 5.74) is 2.69. The number of carbonyl (C=O) groups is 1. The second-order valence-corrected chi connectivity index (χ2v) is 8.79. The Balaban J connectivity index is 2.74. The molecule has 0 saturated heterocycles. The lowest BCUT2D eigenvalue weighted by Crippen LogP contribution is -2.37. The Hall–Kier alpha value is -1.56. The molecule has 136 valence electrons. The van der Waals surface area contributed by atoms with Crippen molar-refractivity contribution in [2.45, 2.75) is 53.5 Å². The quantitative estimate of drug-likeness (QED) is 0.780. The zero-order valence-corrected chi connectivity index (χ0v) is 16.4. The fourth-order valence-corrected chi connectivity index (χ4v) is 3.41. The third-order valence-electron chi connectivity index (χ3n) is 4.05. The van der Waals surface area contributed by atoms with Crippen molar-refractivity contribution in [3.05, 3.63) is 29.3 Å². The van der Waals surface area contributed by atoms with Gasteiger partial charge in [0.1, 0.15) is 0 Å². The predicted octanol–water partition coefficient (Wildman–Crippen LogP) is 3.01. The Kier molecular flexibility index (Phi) is 7.27. The average molecular weight is 355 g/mol. The van der Waals surface area contributed by atoms with Gasteiger partial charge in [-0.2, -0.15) is 0 Å². The minimum atomic E-state index is -3.38. The summed E-state index contributed by atoms with van der Waals surface area (Å²) in [5.74, 6) is 0.335. The normalized spacial score (nSPS) is 13.0. The van der Waals surface area contributed by atoms with Crippen molar-refractivity contribution in [1.82, 2.24) is 5.32 Å². The maximum Gasteiger partial charge on any atom is 0.232 e. The Labute approximate surface area is 146 Å². The number of anilines is 1. The first-order valence-electron chi connectivity index (χ1n) is 8.36. The largest absolute Gasteiger partial charge is 0.353 e. The van der Waals surface area contributed by atoms with Gasteiger partial charge in [-0.25, -0.2) is 8.42 Å². The highest BCUT2D eigenvalue weighted by molar-refractivity contribution is 7.92. The number of aryl methyl sites for hydroxylation is 2. The van der Waals surface area contributed by atoms with Crippen LogP contribution in [-0.4, -0.2) is 33.2 Å². The summed E-state index contributed by atoms with van der Waals surface area (Å²) in [7, 11) is -3.38. The standard InChI is InChI=1S/C18H30N2O3S/c1-13(2)16(5)19-18(21)8-7-9-20(24(6,22)23)17-11-14(3)10-15(4)12-17/h10-13,16H,7-9H2,1-6H3,(H,19,21)/t16-/m1/s1. The van der Waals surface area contributed by atoms with E-state index in [2.05, 4.69) is 19.2 Å². The van der Waals surface area contributed by atoms with Crippen molar-refractivity contribution in [2.75, 3.05) is 17.1 Å². The van der Waals surface area contributed by atoms with E-state index in [-0.39, 0.29) is 11.9 Å². The Bertz CT molecular complexity index is 649. The second kappa shape index (κ2) is 8.51. The van der Waals surface area contributed by atoms with Crippen molar-refractivity contribution in [2.24, 2.45) is 5.92 Å². The Morgan fingerprint density at radius 2 is 1.67 bits per heavy atom. The van der Waals surface area contributed by atoms with Gasteiger partial charge in [-0.15, -0.1) is 0 Å². The molecule has 1 aromatic carbocycles. The van der Waals surface area contributed by atoms with Gasteiger partial charge >= 0.3 is 0 Å². The van der Waals surface area contributed by atoms with Crippen LogP contribution in [-0.2, 0) is 14.8 Å². The van der Waals surface area contributed by atoms with Crippen LogP contribution in [0.25, 0.3) is 0 Å². The lowest BCUT2D eigenvalue weighted by molar-refractivity contribution is -0.122. The first-order valence-corrected chi connectivity index (χ1v) is 10.2. The van der Waals surface area contributed by atoms with Crippen molar-refractivity contribution >= 4 is 21.6 Å². The van der Waals surface area contributed by atoms with E-state index in [0.29, 0.717) is 31.0 Å². The van der Waals surface area contributed by atoms with Crippen LogP contribution in [0.15, 0.2) is 18.2 Å². The Morgan fingerprint density at radius 1 is 1.12 bits per heavy atom. The fourth-order valence-electron chi connectivity index (χ4n) is 2.46. The summed E-state index contributed by atoms with van der Waals surface area (Å²) in [6, 6.07) is 5.83. The molecular weight excluding hydrogens is 324 g/mol. The maximum atomic E-state index is 12.1. The van der Waals surface area contributed by atoms with Gasteiger partial charge in [0.15, 0.2) is 0 Å². The molecule has 0 aliphatic carbocycles. The predicted molar refractivity (Wildman–Crippen MR) is 99.8 cm³/mol. The molecule has 1 atom stereocenters. The van der Waals surface area contributed by atoms with Gasteiger partial charge < -0.3 is 5.32 Å². The number of nitrogens with zero attached hydrogens (tertiary/aromatic N) is 1. The number of hydrogen-bond acceptors (Lipinski definition) is 3. The molecule has 0 unspecified atom stereocenters. The number of amides is 1. The van der Waals surface area contributed by atoms with E-state index in [4.69, 9.17) is 0 Å². The van der Waals surface area contributed by atoms with E-state index in [1.54, 1.807) is 0 Å². The molecule has 0 fully saturated rings. The van der Waals surface area contributed by atoms with E-state index in [1.807, 2.05) is 39.0 Å². The van der Waals surface area contributed by atoms with Gasteiger partial charge in [0, 0.05) is 19.0 Å². The molecular formula is C18H30N2O3S. The van der Waals surface area contributed by atoms with Crippen LogP contribution >= 0.6 is 0 Å². The van der Waals surface area contributed by atoms with E-state index < -0.39 is 10.0 Å². The van der Waals surface area contributed by atoms with Crippen LogP contribution in [0.5, 0.6) is 0 Å². The summed E-state index contributed by atoms with van der Waals surface area (Å²) >= 11 is 0. The lowest BCUT2D eigenvalue weighted by Gasteiger charge is -2.23. The summed E-state index contributed by atoms with van der Waals surface area (Å²) in [4.78, 5) is 12.0. The van der Waals surface area contributed by atoms with E-state index in [9.17, 15) is 13.2 Å². The molecule has 5 nitrogen and oxygen atoms in total. The number of sulfonamides is 1. The summed E-state index contributed by atoms with van der Waals surface area (Å²) in [6.07, 6.45) is 2.00. The Morgan fingerprint density at radius 3 is 2.12 bits per heavy atom. The molecule has 0 saturated carbocycles. The number of hydrogen-bond donors (Lipinski definition) is 1. The molecule has 1 aromatic rings. The number of rotatable bonds is 8. The topological polar surface area (TPSA) is 66.5 Å². The summed E-state index contributed by atoms with van der Waals surface area (Å²) in [5, 5.41) is 2.94. The number of carbonyl (C=O) groups excluding carboxylic acids is 1. The van der Waals surface area contributed by atoms with Gasteiger partial charge in [-0.05, 0) is 56.4 Å². The van der Waals surface area contributed by atoms with E-state index in [0.717, 1.165) is 11.1 Å². The smallest absolute Gasteiger partial charge is 0.232 e. The first-order chi connectivity index (χ1) is 11.0. The van der Waals surface area contributed by atoms with Crippen LogP contribution in [0, 0.1) is 19.8 Å². The van der Waals surface area contributed by atoms with Crippen molar-refractivity contribution < 1.29 is 13.2 Å². The van der Waals surface area contributed by atoms with Crippen LogP contribution in [0.4, 0.5) is 5.69 Å². The average Bonchev–Trinajstić information content (AvgIpc) is 2.40. The minimum absolute atomic E-state index is 0.0370. The molecule has 0 radical (unpaired) electrons. The van der Waals surface area contributed by atoms with Gasteiger partial charge in [0.2, 0.25) is 15.9 Å². The SMILES string of the molecule is Cc1cc(C)cc(N(CCCC(=O)N[C@H](C)C(C)C)S(C)(=O)=O)c1. The van der Waals surface area contributed by atoms with Crippen LogP contribution in [0.3, 0.4) is 0 Å². The molecule has 1 rings (SSSR count). The minimum Gasteiger partial charge on any atom is -0.353 e. The molecule has 0 heterocycles. The zero-order valence-electron chi connectivity index (χ0n) is 15.6. The highest BCUT2D eigenvalue weighted by Gasteiger charge is 2.18. The van der Waals surface area contributed by atoms with Crippen LogP contribution in [0.2, 0.25) is 0 Å². The number of nitrogens with one attached hydrogen (secondary N) is 1. The van der Waals surface area contributed by atoms with E-state index in [1.165, 1.54) is 10.6 Å². The fraction of sp³-hybridized carbons (Fsp3) is 0.611.